The molecule has 1 heterocycles. The zero-order chi connectivity index (χ0) is 14.0. The number of nitrogens with zero attached hydrogens (tertiary/aromatic N) is 2. The fraction of sp³-hybridized carbons (Fsp3) is 0.167. The number of benzene rings is 1. The zero-order valence-electron chi connectivity index (χ0n) is 10.2. The standard InChI is InChI=1S/C12H12F2N4O/c1-18(6-7-4-16-17-5-7)12(19)8-2-9(13)11(15)10(14)3-8/h2-5H,6,15H2,1H3,(H,16,17). The summed E-state index contributed by atoms with van der Waals surface area (Å²) < 4.78 is 26.6. The Morgan fingerprint density at radius 1 is 1.42 bits per heavy atom. The predicted octanol–water partition coefficient (Wildman–Crippen LogP) is 1.54. The van der Waals surface area contributed by atoms with E-state index in [1.165, 1.54) is 11.9 Å². The van der Waals surface area contributed by atoms with Crippen molar-refractivity contribution in [2.45, 2.75) is 6.54 Å². The summed E-state index contributed by atoms with van der Waals surface area (Å²) in [4.78, 5) is 13.3. The van der Waals surface area contributed by atoms with Crippen LogP contribution >= 0.6 is 0 Å². The first-order valence-electron chi connectivity index (χ1n) is 5.46. The number of amides is 1. The highest BCUT2D eigenvalue weighted by Gasteiger charge is 2.16. The van der Waals surface area contributed by atoms with Crippen molar-refractivity contribution >= 4 is 11.6 Å². The van der Waals surface area contributed by atoms with Crippen molar-refractivity contribution in [2.24, 2.45) is 0 Å². The van der Waals surface area contributed by atoms with Gasteiger partial charge in [0.05, 0.1) is 6.20 Å². The van der Waals surface area contributed by atoms with Crippen LogP contribution in [0.3, 0.4) is 0 Å². The maximum Gasteiger partial charge on any atom is 0.254 e. The molecule has 0 aliphatic carbocycles. The molecule has 2 rings (SSSR count). The second kappa shape index (κ2) is 5.05. The van der Waals surface area contributed by atoms with Crippen molar-refractivity contribution in [1.82, 2.24) is 15.1 Å². The van der Waals surface area contributed by atoms with Gasteiger partial charge in [-0.1, -0.05) is 0 Å². The Balaban J connectivity index is 2.19. The summed E-state index contributed by atoms with van der Waals surface area (Å²) in [5, 5.41) is 6.36. The monoisotopic (exact) mass is 266 g/mol. The molecule has 3 N–H and O–H groups in total. The fourth-order valence-electron chi connectivity index (χ4n) is 1.64. The van der Waals surface area contributed by atoms with Crippen LogP contribution in [0.1, 0.15) is 15.9 Å². The minimum atomic E-state index is -0.944. The number of halogens is 2. The van der Waals surface area contributed by atoms with E-state index in [2.05, 4.69) is 10.2 Å². The number of aromatic nitrogens is 2. The van der Waals surface area contributed by atoms with Gasteiger partial charge in [-0.05, 0) is 12.1 Å². The molecule has 0 saturated carbocycles. The largest absolute Gasteiger partial charge is 0.394 e. The van der Waals surface area contributed by atoms with Gasteiger partial charge in [0.15, 0.2) is 0 Å². The Morgan fingerprint density at radius 3 is 2.58 bits per heavy atom. The summed E-state index contributed by atoms with van der Waals surface area (Å²) in [6.07, 6.45) is 3.20. The fourth-order valence-corrected chi connectivity index (χ4v) is 1.64. The van der Waals surface area contributed by atoms with Crippen LogP contribution in [0.25, 0.3) is 0 Å². The van der Waals surface area contributed by atoms with Gasteiger partial charge in [0.25, 0.3) is 5.91 Å². The lowest BCUT2D eigenvalue weighted by Crippen LogP contribution is -2.26. The summed E-state index contributed by atoms with van der Waals surface area (Å²) in [6.45, 7) is 0.281. The summed E-state index contributed by atoms with van der Waals surface area (Å²) in [6, 6.07) is 1.85. The summed E-state index contributed by atoms with van der Waals surface area (Å²) >= 11 is 0. The molecule has 19 heavy (non-hydrogen) atoms. The van der Waals surface area contributed by atoms with Crippen molar-refractivity contribution in [3.8, 4) is 0 Å². The lowest BCUT2D eigenvalue weighted by molar-refractivity contribution is 0.0784. The van der Waals surface area contributed by atoms with Crippen LogP contribution in [-0.2, 0) is 6.54 Å². The highest BCUT2D eigenvalue weighted by Crippen LogP contribution is 2.18. The third-order valence-electron chi connectivity index (χ3n) is 2.65. The van der Waals surface area contributed by atoms with Crippen LogP contribution in [0, 0.1) is 11.6 Å². The van der Waals surface area contributed by atoms with Gasteiger partial charge in [-0.2, -0.15) is 5.10 Å². The van der Waals surface area contributed by atoms with Gasteiger partial charge in [-0.15, -0.1) is 0 Å². The van der Waals surface area contributed by atoms with E-state index >= 15 is 0 Å². The third kappa shape index (κ3) is 2.70. The Hall–Kier alpha value is -2.44. The second-order valence-electron chi connectivity index (χ2n) is 4.12. The number of hydrogen-bond donors (Lipinski definition) is 2. The number of rotatable bonds is 3. The molecule has 0 unspecified atom stereocenters. The highest BCUT2D eigenvalue weighted by atomic mass is 19.1. The highest BCUT2D eigenvalue weighted by molar-refractivity contribution is 5.94. The quantitative estimate of drug-likeness (QED) is 0.827. The minimum absolute atomic E-state index is 0.0878. The van der Waals surface area contributed by atoms with Gasteiger partial charge in [0, 0.05) is 30.9 Å². The molecule has 0 atom stereocenters. The number of nitrogen functional groups attached to an aromatic ring is 1. The lowest BCUT2D eigenvalue weighted by Gasteiger charge is -2.16. The van der Waals surface area contributed by atoms with Crippen LogP contribution in [0.2, 0.25) is 0 Å². The number of anilines is 1. The number of carbonyl (C=O) groups is 1. The molecule has 0 bridgehead atoms. The van der Waals surface area contributed by atoms with Crippen molar-refractivity contribution in [1.29, 1.82) is 0 Å². The molecule has 0 radical (unpaired) electrons. The number of nitrogens with two attached hydrogens (primary N) is 1. The first-order chi connectivity index (χ1) is 8.99. The molecule has 1 amide bonds. The molecule has 0 fully saturated rings. The SMILES string of the molecule is CN(Cc1cn[nH]c1)C(=O)c1cc(F)c(N)c(F)c1. The van der Waals surface area contributed by atoms with E-state index in [4.69, 9.17) is 5.73 Å². The molecular formula is C12H12F2N4O. The average Bonchev–Trinajstić information content (AvgIpc) is 2.87. The average molecular weight is 266 g/mol. The van der Waals surface area contributed by atoms with Crippen molar-refractivity contribution < 1.29 is 13.6 Å². The number of hydrogen-bond acceptors (Lipinski definition) is 3. The van der Waals surface area contributed by atoms with Gasteiger partial charge in [0.1, 0.15) is 17.3 Å². The first-order valence-corrected chi connectivity index (χ1v) is 5.46. The van der Waals surface area contributed by atoms with Crippen molar-refractivity contribution in [3.05, 3.63) is 47.3 Å². The summed E-state index contributed by atoms with van der Waals surface area (Å²) in [7, 11) is 1.53. The zero-order valence-corrected chi connectivity index (χ0v) is 10.2. The molecule has 0 aliphatic heterocycles. The number of carbonyl (C=O) groups excluding carboxylic acids is 1. The van der Waals surface area contributed by atoms with E-state index in [1.54, 1.807) is 12.4 Å². The smallest absolute Gasteiger partial charge is 0.254 e. The summed E-state index contributed by atoms with van der Waals surface area (Å²) in [5.74, 6) is -2.39. The van der Waals surface area contributed by atoms with Crippen LogP contribution in [0.15, 0.2) is 24.5 Å². The van der Waals surface area contributed by atoms with E-state index in [-0.39, 0.29) is 12.1 Å². The van der Waals surface area contributed by atoms with E-state index in [1.807, 2.05) is 0 Å². The topological polar surface area (TPSA) is 75.0 Å². The molecule has 1 aromatic carbocycles. The Morgan fingerprint density at radius 2 is 2.05 bits per heavy atom. The normalized spacial score (nSPS) is 10.5. The number of nitrogens with one attached hydrogen (secondary N) is 1. The first kappa shape index (κ1) is 13.0. The molecule has 1 aromatic heterocycles. The molecule has 5 nitrogen and oxygen atoms in total. The minimum Gasteiger partial charge on any atom is -0.394 e. The van der Waals surface area contributed by atoms with E-state index < -0.39 is 23.2 Å². The van der Waals surface area contributed by atoms with E-state index in [9.17, 15) is 13.6 Å². The molecule has 2 aromatic rings. The lowest BCUT2D eigenvalue weighted by atomic mass is 10.1. The Kier molecular flexibility index (Phi) is 3.46. The number of H-pyrrole nitrogens is 1. The van der Waals surface area contributed by atoms with Gasteiger partial charge in [0.2, 0.25) is 0 Å². The maximum atomic E-state index is 13.3. The van der Waals surface area contributed by atoms with Crippen LogP contribution in [0.4, 0.5) is 14.5 Å². The van der Waals surface area contributed by atoms with Gasteiger partial charge in [-0.25, -0.2) is 8.78 Å². The van der Waals surface area contributed by atoms with Crippen molar-refractivity contribution in [2.75, 3.05) is 12.8 Å². The van der Waals surface area contributed by atoms with Crippen LogP contribution in [0.5, 0.6) is 0 Å². The van der Waals surface area contributed by atoms with Gasteiger partial charge >= 0.3 is 0 Å². The molecular weight excluding hydrogens is 254 g/mol. The Labute approximate surface area is 108 Å². The molecule has 0 aliphatic rings. The number of aromatic amines is 1. The van der Waals surface area contributed by atoms with E-state index in [0.29, 0.717) is 0 Å². The molecule has 0 saturated heterocycles. The molecule has 0 spiro atoms. The second-order valence-corrected chi connectivity index (χ2v) is 4.12. The van der Waals surface area contributed by atoms with Gasteiger partial charge in [-0.3, -0.25) is 9.89 Å². The Bertz CT molecular complexity index is 575. The third-order valence-corrected chi connectivity index (χ3v) is 2.65. The summed E-state index contributed by atoms with van der Waals surface area (Å²) in [5.41, 5.74) is 5.26. The van der Waals surface area contributed by atoms with Gasteiger partial charge < -0.3 is 10.6 Å². The predicted molar refractivity (Wildman–Crippen MR) is 65.2 cm³/mol. The van der Waals surface area contributed by atoms with E-state index in [0.717, 1.165) is 17.7 Å². The molecule has 7 heteroatoms. The molecule has 100 valence electrons. The van der Waals surface area contributed by atoms with Crippen LogP contribution in [-0.4, -0.2) is 28.1 Å². The van der Waals surface area contributed by atoms with Crippen LogP contribution < -0.4 is 5.73 Å². The maximum absolute atomic E-state index is 13.3. The van der Waals surface area contributed by atoms with Crippen molar-refractivity contribution in [3.63, 3.8) is 0 Å².